The zero-order valence-corrected chi connectivity index (χ0v) is 12.7. The number of aromatic nitrogens is 2. The fourth-order valence-electron chi connectivity index (χ4n) is 2.42. The van der Waals surface area contributed by atoms with Gasteiger partial charge in [-0.15, -0.1) is 0 Å². The topological polar surface area (TPSA) is 98.3 Å². The van der Waals surface area contributed by atoms with Crippen molar-refractivity contribution in [2.45, 2.75) is 6.92 Å². The van der Waals surface area contributed by atoms with Crippen molar-refractivity contribution in [3.8, 4) is 17.1 Å². The lowest BCUT2D eigenvalue weighted by Crippen LogP contribution is -1.98. The maximum absolute atomic E-state index is 11.3. The average Bonchev–Trinajstić information content (AvgIpc) is 3.00. The molecule has 1 heterocycles. The van der Waals surface area contributed by atoms with Gasteiger partial charge in [0, 0.05) is 23.9 Å². The SMILES string of the molecule is Cc1cccc(-c2nc(C(=O)O)cn2-c2cccc([N+](=O)[O-])c2)c1. The van der Waals surface area contributed by atoms with Crippen molar-refractivity contribution in [1.29, 1.82) is 0 Å². The van der Waals surface area contributed by atoms with Crippen LogP contribution in [0.4, 0.5) is 5.69 Å². The van der Waals surface area contributed by atoms with Crippen LogP contribution >= 0.6 is 0 Å². The summed E-state index contributed by atoms with van der Waals surface area (Å²) in [4.78, 5) is 25.9. The fourth-order valence-corrected chi connectivity index (χ4v) is 2.42. The van der Waals surface area contributed by atoms with E-state index in [4.69, 9.17) is 0 Å². The van der Waals surface area contributed by atoms with E-state index in [0.717, 1.165) is 11.1 Å². The number of rotatable bonds is 4. The molecule has 2 aromatic carbocycles. The summed E-state index contributed by atoms with van der Waals surface area (Å²) in [6, 6.07) is 13.4. The summed E-state index contributed by atoms with van der Waals surface area (Å²) in [5.41, 5.74) is 2.00. The summed E-state index contributed by atoms with van der Waals surface area (Å²) in [6.45, 7) is 1.92. The first-order chi connectivity index (χ1) is 11.5. The van der Waals surface area contributed by atoms with Gasteiger partial charge in [-0.05, 0) is 19.1 Å². The standard InChI is InChI=1S/C17H13N3O4/c1-11-4-2-5-12(8-11)16-18-15(17(21)22)10-19(16)13-6-3-7-14(9-13)20(23)24/h2-10H,1H3,(H,21,22). The number of hydrogen-bond acceptors (Lipinski definition) is 4. The molecular weight excluding hydrogens is 310 g/mol. The number of carboxylic acid groups (broad SMARTS) is 1. The van der Waals surface area contributed by atoms with Crippen LogP contribution in [0.3, 0.4) is 0 Å². The Morgan fingerprint density at radius 3 is 2.62 bits per heavy atom. The minimum atomic E-state index is -1.16. The molecule has 1 aromatic heterocycles. The van der Waals surface area contributed by atoms with Crippen LogP contribution in [0.5, 0.6) is 0 Å². The summed E-state index contributed by atoms with van der Waals surface area (Å²) >= 11 is 0. The van der Waals surface area contributed by atoms with Crippen molar-refractivity contribution >= 4 is 11.7 Å². The van der Waals surface area contributed by atoms with Crippen molar-refractivity contribution in [3.05, 3.63) is 76.1 Å². The number of benzene rings is 2. The molecule has 0 aliphatic heterocycles. The van der Waals surface area contributed by atoms with E-state index in [-0.39, 0.29) is 11.4 Å². The highest BCUT2D eigenvalue weighted by Crippen LogP contribution is 2.26. The van der Waals surface area contributed by atoms with Crippen LogP contribution in [0.2, 0.25) is 0 Å². The zero-order valence-electron chi connectivity index (χ0n) is 12.7. The van der Waals surface area contributed by atoms with Crippen LogP contribution in [0.15, 0.2) is 54.7 Å². The molecule has 120 valence electrons. The van der Waals surface area contributed by atoms with Crippen LogP contribution in [0, 0.1) is 17.0 Å². The molecule has 0 saturated carbocycles. The molecule has 0 saturated heterocycles. The zero-order chi connectivity index (χ0) is 17.3. The van der Waals surface area contributed by atoms with Crippen molar-refractivity contribution < 1.29 is 14.8 Å². The van der Waals surface area contributed by atoms with Gasteiger partial charge in [0.25, 0.3) is 5.69 Å². The van der Waals surface area contributed by atoms with Gasteiger partial charge in [-0.3, -0.25) is 14.7 Å². The monoisotopic (exact) mass is 323 g/mol. The van der Waals surface area contributed by atoms with E-state index in [1.54, 1.807) is 16.7 Å². The number of aryl methyl sites for hydroxylation is 1. The highest BCUT2D eigenvalue weighted by atomic mass is 16.6. The first-order valence-corrected chi connectivity index (χ1v) is 7.10. The maximum Gasteiger partial charge on any atom is 0.356 e. The van der Waals surface area contributed by atoms with Gasteiger partial charge in [0.15, 0.2) is 5.69 Å². The van der Waals surface area contributed by atoms with Crippen molar-refractivity contribution in [1.82, 2.24) is 9.55 Å². The number of nitro benzene ring substituents is 1. The van der Waals surface area contributed by atoms with E-state index < -0.39 is 10.9 Å². The Balaban J connectivity index is 2.22. The van der Waals surface area contributed by atoms with Crippen LogP contribution in [0.25, 0.3) is 17.1 Å². The molecule has 3 rings (SSSR count). The number of carboxylic acids is 1. The highest BCUT2D eigenvalue weighted by Gasteiger charge is 2.17. The molecule has 0 atom stereocenters. The van der Waals surface area contributed by atoms with Gasteiger partial charge >= 0.3 is 5.97 Å². The largest absolute Gasteiger partial charge is 0.476 e. The Labute approximate surface area is 137 Å². The quantitative estimate of drug-likeness (QED) is 0.585. The number of aromatic carboxylic acids is 1. The average molecular weight is 323 g/mol. The smallest absolute Gasteiger partial charge is 0.356 e. The van der Waals surface area contributed by atoms with E-state index in [9.17, 15) is 20.0 Å². The number of non-ortho nitro benzene ring substituents is 1. The molecule has 0 amide bonds. The fraction of sp³-hybridized carbons (Fsp3) is 0.0588. The lowest BCUT2D eigenvalue weighted by molar-refractivity contribution is -0.384. The molecule has 0 aliphatic carbocycles. The van der Waals surface area contributed by atoms with Crippen LogP contribution < -0.4 is 0 Å². The lowest BCUT2D eigenvalue weighted by atomic mass is 10.1. The van der Waals surface area contributed by atoms with Gasteiger partial charge in [-0.1, -0.05) is 29.8 Å². The minimum Gasteiger partial charge on any atom is -0.476 e. The lowest BCUT2D eigenvalue weighted by Gasteiger charge is -2.08. The van der Waals surface area contributed by atoms with Gasteiger partial charge < -0.3 is 5.11 Å². The Morgan fingerprint density at radius 2 is 1.96 bits per heavy atom. The number of nitro groups is 1. The van der Waals surface area contributed by atoms with Gasteiger partial charge in [0.2, 0.25) is 0 Å². The van der Waals surface area contributed by atoms with Gasteiger partial charge in [0.05, 0.1) is 10.6 Å². The van der Waals surface area contributed by atoms with Gasteiger partial charge in [0.1, 0.15) is 5.82 Å². The number of hydrogen-bond donors (Lipinski definition) is 1. The third-order valence-corrected chi connectivity index (χ3v) is 3.52. The molecule has 7 nitrogen and oxygen atoms in total. The third kappa shape index (κ3) is 2.87. The first kappa shape index (κ1) is 15.4. The molecule has 0 unspecified atom stereocenters. The molecule has 1 N–H and O–H groups in total. The predicted octanol–water partition coefficient (Wildman–Crippen LogP) is 3.45. The van der Waals surface area contributed by atoms with Crippen molar-refractivity contribution in [3.63, 3.8) is 0 Å². The number of carbonyl (C=O) groups is 1. The molecule has 0 radical (unpaired) electrons. The molecule has 24 heavy (non-hydrogen) atoms. The highest BCUT2D eigenvalue weighted by molar-refractivity contribution is 5.86. The van der Waals surface area contributed by atoms with E-state index in [0.29, 0.717) is 11.5 Å². The van der Waals surface area contributed by atoms with E-state index in [2.05, 4.69) is 4.98 Å². The Hall–Kier alpha value is -3.48. The molecule has 0 bridgehead atoms. The van der Waals surface area contributed by atoms with Gasteiger partial charge in [-0.2, -0.15) is 0 Å². The molecule has 0 fully saturated rings. The van der Waals surface area contributed by atoms with Crippen molar-refractivity contribution in [2.24, 2.45) is 0 Å². The summed E-state index contributed by atoms with van der Waals surface area (Å²) in [5, 5.41) is 20.2. The maximum atomic E-state index is 11.3. The number of nitrogens with zero attached hydrogens (tertiary/aromatic N) is 3. The second-order valence-corrected chi connectivity index (χ2v) is 5.27. The second kappa shape index (κ2) is 5.96. The Bertz CT molecular complexity index is 947. The van der Waals surface area contributed by atoms with Crippen LogP contribution in [0.1, 0.15) is 16.1 Å². The Morgan fingerprint density at radius 1 is 1.21 bits per heavy atom. The first-order valence-electron chi connectivity index (χ1n) is 7.10. The molecule has 0 aliphatic rings. The molecule has 0 spiro atoms. The Kier molecular flexibility index (Phi) is 3.83. The van der Waals surface area contributed by atoms with Crippen LogP contribution in [-0.4, -0.2) is 25.6 Å². The normalized spacial score (nSPS) is 10.5. The van der Waals surface area contributed by atoms with E-state index >= 15 is 0 Å². The summed E-state index contributed by atoms with van der Waals surface area (Å²) in [6.07, 6.45) is 1.36. The van der Waals surface area contributed by atoms with Gasteiger partial charge in [-0.25, -0.2) is 9.78 Å². The third-order valence-electron chi connectivity index (χ3n) is 3.52. The summed E-state index contributed by atoms with van der Waals surface area (Å²) < 4.78 is 1.55. The van der Waals surface area contributed by atoms with E-state index in [1.165, 1.54) is 18.3 Å². The second-order valence-electron chi connectivity index (χ2n) is 5.27. The van der Waals surface area contributed by atoms with E-state index in [1.807, 2.05) is 31.2 Å². The van der Waals surface area contributed by atoms with Crippen LogP contribution in [-0.2, 0) is 0 Å². The van der Waals surface area contributed by atoms with Crippen molar-refractivity contribution in [2.75, 3.05) is 0 Å². The predicted molar refractivity (Wildman–Crippen MR) is 87.4 cm³/mol. The molecule has 7 heteroatoms. The summed E-state index contributed by atoms with van der Waals surface area (Å²) in [7, 11) is 0. The number of imidazole rings is 1. The minimum absolute atomic E-state index is 0.0757. The summed E-state index contributed by atoms with van der Waals surface area (Å²) in [5.74, 6) is -0.746. The molecule has 3 aromatic rings. The molecular formula is C17H13N3O4.